The van der Waals surface area contributed by atoms with E-state index in [0.717, 1.165) is 38.2 Å². The van der Waals surface area contributed by atoms with Gasteiger partial charge in [-0.3, -0.25) is 0 Å². The van der Waals surface area contributed by atoms with E-state index in [1.165, 1.54) is 6.33 Å². The van der Waals surface area contributed by atoms with Crippen molar-refractivity contribution in [2.75, 3.05) is 25.0 Å². The first kappa shape index (κ1) is 15.5. The molecule has 0 spiro atoms. The molecule has 1 aromatic heterocycles. The largest absolute Gasteiger partial charge is 0.444 e. The zero-order valence-electron chi connectivity index (χ0n) is 13.0. The van der Waals surface area contributed by atoms with Gasteiger partial charge in [0.2, 0.25) is 0 Å². The highest BCUT2D eigenvalue weighted by atomic mass is 16.6. The Morgan fingerprint density at radius 2 is 1.95 bits per heavy atom. The van der Waals surface area contributed by atoms with Crippen LogP contribution in [0.3, 0.4) is 0 Å². The summed E-state index contributed by atoms with van der Waals surface area (Å²) < 4.78 is 5.40. The molecule has 1 N–H and O–H groups in total. The highest BCUT2D eigenvalue weighted by Gasteiger charge is 2.26. The highest BCUT2D eigenvalue weighted by Crippen LogP contribution is 2.20. The molecule has 21 heavy (non-hydrogen) atoms. The van der Waals surface area contributed by atoms with Gasteiger partial charge in [0.15, 0.2) is 0 Å². The molecule has 0 aliphatic carbocycles. The average Bonchev–Trinajstić information content (AvgIpc) is 2.45. The van der Waals surface area contributed by atoms with E-state index in [4.69, 9.17) is 4.74 Å². The van der Waals surface area contributed by atoms with Crippen molar-refractivity contribution in [3.8, 4) is 0 Å². The van der Waals surface area contributed by atoms with Crippen LogP contribution in [0.2, 0.25) is 0 Å². The van der Waals surface area contributed by atoms with Gasteiger partial charge >= 0.3 is 6.09 Å². The van der Waals surface area contributed by atoms with Crippen LogP contribution in [0.15, 0.2) is 18.7 Å². The molecule has 2 heterocycles. The fourth-order valence-electron chi connectivity index (χ4n) is 2.30. The molecule has 0 saturated carbocycles. The Balaban J connectivity index is 1.72. The fourth-order valence-corrected chi connectivity index (χ4v) is 2.30. The quantitative estimate of drug-likeness (QED) is 0.927. The van der Waals surface area contributed by atoms with Crippen molar-refractivity contribution in [3.63, 3.8) is 0 Å². The van der Waals surface area contributed by atoms with Crippen LogP contribution >= 0.6 is 0 Å². The number of nitrogens with zero attached hydrogens (tertiary/aromatic N) is 3. The molecule has 2 rings (SSSR count). The molecule has 1 aliphatic rings. The third-order valence-corrected chi connectivity index (χ3v) is 3.42. The van der Waals surface area contributed by atoms with Crippen LogP contribution in [0.1, 0.15) is 33.6 Å². The second-order valence-electron chi connectivity index (χ2n) is 6.42. The Bertz CT molecular complexity index is 450. The lowest BCUT2D eigenvalue weighted by molar-refractivity contribution is 0.0188. The molecule has 0 unspecified atom stereocenters. The van der Waals surface area contributed by atoms with E-state index in [1.807, 2.05) is 20.8 Å². The number of aromatic nitrogens is 2. The van der Waals surface area contributed by atoms with Crippen molar-refractivity contribution in [1.29, 1.82) is 0 Å². The van der Waals surface area contributed by atoms with Gasteiger partial charge in [0.1, 0.15) is 11.9 Å². The monoisotopic (exact) mass is 292 g/mol. The van der Waals surface area contributed by atoms with Crippen molar-refractivity contribution in [3.05, 3.63) is 18.7 Å². The Kier molecular flexibility index (Phi) is 4.98. The number of hydrogen-bond donors (Lipinski definition) is 1. The number of nitrogens with one attached hydrogen (secondary N) is 1. The van der Waals surface area contributed by atoms with Crippen LogP contribution in [0, 0.1) is 5.92 Å². The molecule has 1 amide bonds. The van der Waals surface area contributed by atoms with Crippen LogP contribution < -0.4 is 5.32 Å². The summed E-state index contributed by atoms with van der Waals surface area (Å²) in [6, 6.07) is 0. The summed E-state index contributed by atoms with van der Waals surface area (Å²) in [6.45, 7) is 8.07. The lowest BCUT2D eigenvalue weighted by Crippen LogP contribution is -2.42. The van der Waals surface area contributed by atoms with Gasteiger partial charge < -0.3 is 15.0 Å². The zero-order valence-corrected chi connectivity index (χ0v) is 13.0. The minimum atomic E-state index is -0.428. The van der Waals surface area contributed by atoms with Gasteiger partial charge in [-0.2, -0.15) is 0 Å². The molecule has 1 aliphatic heterocycles. The number of anilines is 1. The van der Waals surface area contributed by atoms with Gasteiger partial charge in [0.05, 0.1) is 18.1 Å². The molecule has 0 radical (unpaired) electrons. The minimum Gasteiger partial charge on any atom is -0.444 e. The zero-order chi connectivity index (χ0) is 15.3. The van der Waals surface area contributed by atoms with Gasteiger partial charge in [0, 0.05) is 19.6 Å². The van der Waals surface area contributed by atoms with E-state index in [9.17, 15) is 4.79 Å². The Morgan fingerprint density at radius 3 is 2.52 bits per heavy atom. The van der Waals surface area contributed by atoms with Crippen LogP contribution in [-0.2, 0) is 4.74 Å². The van der Waals surface area contributed by atoms with Crippen LogP contribution in [0.4, 0.5) is 10.5 Å². The van der Waals surface area contributed by atoms with Gasteiger partial charge in [-0.25, -0.2) is 14.8 Å². The summed E-state index contributed by atoms with van der Waals surface area (Å²) >= 11 is 0. The maximum atomic E-state index is 12.0. The summed E-state index contributed by atoms with van der Waals surface area (Å²) in [4.78, 5) is 21.7. The lowest BCUT2D eigenvalue weighted by atomic mass is 9.97. The van der Waals surface area contributed by atoms with Crippen molar-refractivity contribution < 1.29 is 9.53 Å². The maximum Gasteiger partial charge on any atom is 0.410 e. The highest BCUT2D eigenvalue weighted by molar-refractivity contribution is 5.68. The first-order valence-corrected chi connectivity index (χ1v) is 7.41. The molecule has 1 fully saturated rings. The van der Waals surface area contributed by atoms with Gasteiger partial charge in [-0.05, 0) is 39.5 Å². The first-order valence-electron chi connectivity index (χ1n) is 7.41. The molecule has 0 aromatic carbocycles. The number of carbonyl (C=O) groups is 1. The molecule has 6 nitrogen and oxygen atoms in total. The molecule has 0 bridgehead atoms. The smallest absolute Gasteiger partial charge is 0.410 e. The number of ether oxygens (including phenoxy) is 1. The second-order valence-corrected chi connectivity index (χ2v) is 6.42. The number of carbonyl (C=O) groups excluding carboxylic acids is 1. The van der Waals surface area contributed by atoms with Gasteiger partial charge in [-0.1, -0.05) is 0 Å². The van der Waals surface area contributed by atoms with Crippen LogP contribution in [0.5, 0.6) is 0 Å². The number of hydrogen-bond acceptors (Lipinski definition) is 5. The third-order valence-electron chi connectivity index (χ3n) is 3.42. The van der Waals surface area contributed by atoms with E-state index in [1.54, 1.807) is 17.3 Å². The fraction of sp³-hybridized carbons (Fsp3) is 0.667. The maximum absolute atomic E-state index is 12.0. The molecule has 1 saturated heterocycles. The van der Waals surface area contributed by atoms with Gasteiger partial charge in [0.25, 0.3) is 0 Å². The topological polar surface area (TPSA) is 67.3 Å². The SMILES string of the molecule is CC(C)(C)OC(=O)N1CCC(CNc2cncnc2)CC1. The second kappa shape index (κ2) is 6.74. The van der Waals surface area contributed by atoms with E-state index >= 15 is 0 Å². The van der Waals surface area contributed by atoms with Crippen molar-refractivity contribution >= 4 is 11.8 Å². The molecule has 1 aromatic rings. The van der Waals surface area contributed by atoms with Crippen molar-refractivity contribution in [2.24, 2.45) is 5.92 Å². The predicted molar refractivity (Wildman–Crippen MR) is 81.1 cm³/mol. The molecule has 6 heteroatoms. The number of piperidine rings is 1. The first-order chi connectivity index (χ1) is 9.94. The summed E-state index contributed by atoms with van der Waals surface area (Å²) in [5.74, 6) is 0.559. The van der Waals surface area contributed by atoms with Crippen LogP contribution in [0.25, 0.3) is 0 Å². The van der Waals surface area contributed by atoms with Crippen molar-refractivity contribution in [1.82, 2.24) is 14.9 Å². The number of amides is 1. The summed E-state index contributed by atoms with van der Waals surface area (Å²) in [6.07, 6.45) is 6.82. The minimum absolute atomic E-state index is 0.203. The predicted octanol–water partition coefficient (Wildman–Crippen LogP) is 2.54. The van der Waals surface area contributed by atoms with E-state index < -0.39 is 5.60 Å². The summed E-state index contributed by atoms with van der Waals surface area (Å²) in [5.41, 5.74) is 0.509. The lowest BCUT2D eigenvalue weighted by Gasteiger charge is -2.33. The summed E-state index contributed by atoms with van der Waals surface area (Å²) in [5, 5.41) is 3.34. The Hall–Kier alpha value is -1.85. The number of likely N-dealkylation sites (tertiary alicyclic amines) is 1. The Labute approximate surface area is 125 Å². The normalized spacial score (nSPS) is 16.6. The molecule has 0 atom stereocenters. The average molecular weight is 292 g/mol. The van der Waals surface area contributed by atoms with E-state index in [-0.39, 0.29) is 6.09 Å². The van der Waals surface area contributed by atoms with Gasteiger partial charge in [-0.15, -0.1) is 0 Å². The molecule has 116 valence electrons. The third kappa shape index (κ3) is 5.21. The van der Waals surface area contributed by atoms with E-state index in [0.29, 0.717) is 5.92 Å². The molecular weight excluding hydrogens is 268 g/mol. The number of rotatable bonds is 3. The van der Waals surface area contributed by atoms with Crippen molar-refractivity contribution in [2.45, 2.75) is 39.2 Å². The summed E-state index contributed by atoms with van der Waals surface area (Å²) in [7, 11) is 0. The molecular formula is C15H24N4O2. The van der Waals surface area contributed by atoms with E-state index in [2.05, 4.69) is 15.3 Å². The standard InChI is InChI=1S/C15H24N4O2/c1-15(2,3)21-14(20)19-6-4-12(5-7-19)8-18-13-9-16-11-17-10-13/h9-12,18H,4-8H2,1-3H3. The van der Waals surface area contributed by atoms with Crippen LogP contribution in [-0.4, -0.2) is 46.2 Å². The Morgan fingerprint density at radius 1 is 1.33 bits per heavy atom.